The molecule has 0 aliphatic carbocycles. The van der Waals surface area contributed by atoms with Crippen molar-refractivity contribution in [1.29, 1.82) is 0 Å². The third-order valence-electron chi connectivity index (χ3n) is 1.52. The van der Waals surface area contributed by atoms with Gasteiger partial charge in [0.2, 0.25) is 0 Å². The van der Waals surface area contributed by atoms with Crippen molar-refractivity contribution in [2.45, 2.75) is 19.4 Å². The molecule has 9 heavy (non-hydrogen) atoms. The van der Waals surface area contributed by atoms with Crippen molar-refractivity contribution < 1.29 is 37.5 Å². The first-order valence-corrected chi connectivity index (χ1v) is 2.94. The Morgan fingerprint density at radius 1 is 1.67 bits per heavy atom. The van der Waals surface area contributed by atoms with Crippen LogP contribution in [0.4, 0.5) is 0 Å². The number of hydrogen-bond donors (Lipinski definition) is 1. The Balaban J connectivity index is 0.000000640. The minimum Gasteiger partial charge on any atom is -0.541 e. The van der Waals surface area contributed by atoms with Gasteiger partial charge >= 0.3 is 0 Å². The second-order valence-electron chi connectivity index (χ2n) is 2.36. The van der Waals surface area contributed by atoms with Crippen molar-refractivity contribution in [3.63, 3.8) is 0 Å². The molecule has 1 N–H and O–H groups in total. The van der Waals surface area contributed by atoms with Gasteiger partial charge in [0, 0.05) is 38.8 Å². The van der Waals surface area contributed by atoms with E-state index in [-0.39, 0.29) is 38.6 Å². The van der Waals surface area contributed by atoms with Gasteiger partial charge in [-0.05, 0) is 13.5 Å². The number of nitrogens with one attached hydrogen (secondary N) is 1. The molecule has 2 nitrogen and oxygen atoms in total. The van der Waals surface area contributed by atoms with Crippen LogP contribution in [-0.2, 0) is 37.5 Å². The SMILES string of the molecule is CC1CC([C-]=O)CN1.[Y]. The number of carbonyl (C=O) groups excluding carboxylic acids is 1. The van der Waals surface area contributed by atoms with Crippen molar-refractivity contribution in [1.82, 2.24) is 5.32 Å². The zero-order valence-corrected chi connectivity index (χ0v) is 8.39. The summed E-state index contributed by atoms with van der Waals surface area (Å²) in [5.41, 5.74) is 0. The van der Waals surface area contributed by atoms with Crippen LogP contribution in [0.25, 0.3) is 0 Å². The molecular weight excluding hydrogens is 191 g/mol. The summed E-state index contributed by atoms with van der Waals surface area (Å²) >= 11 is 0. The molecule has 0 saturated carbocycles. The summed E-state index contributed by atoms with van der Waals surface area (Å²) in [6, 6.07) is 0.515. The molecular formula is C6H10NOY-. The first-order chi connectivity index (χ1) is 3.83. The third-order valence-corrected chi connectivity index (χ3v) is 1.52. The molecule has 1 heterocycles. The van der Waals surface area contributed by atoms with Crippen LogP contribution in [0.5, 0.6) is 0 Å². The largest absolute Gasteiger partial charge is 0.541 e. The molecule has 1 saturated heterocycles. The topological polar surface area (TPSA) is 29.1 Å². The Bertz CT molecular complexity index is 97.1. The molecule has 0 spiro atoms. The van der Waals surface area contributed by atoms with E-state index in [1.54, 1.807) is 0 Å². The van der Waals surface area contributed by atoms with E-state index in [0.717, 1.165) is 13.0 Å². The van der Waals surface area contributed by atoms with Gasteiger partial charge < -0.3 is 10.1 Å². The zero-order chi connectivity index (χ0) is 5.98. The Labute approximate surface area is 80.7 Å². The maximum absolute atomic E-state index is 9.99. The van der Waals surface area contributed by atoms with Crippen LogP contribution in [0.2, 0.25) is 0 Å². The third kappa shape index (κ3) is 2.88. The summed E-state index contributed by atoms with van der Waals surface area (Å²) in [5, 5.41) is 3.16. The van der Waals surface area contributed by atoms with Crippen LogP contribution in [0.15, 0.2) is 0 Å². The van der Waals surface area contributed by atoms with Crippen LogP contribution in [0.3, 0.4) is 0 Å². The van der Waals surface area contributed by atoms with E-state index in [4.69, 9.17) is 0 Å². The second-order valence-corrected chi connectivity index (χ2v) is 2.36. The predicted molar refractivity (Wildman–Crippen MR) is 31.3 cm³/mol. The van der Waals surface area contributed by atoms with Crippen molar-refractivity contribution >= 4 is 6.29 Å². The Hall–Kier alpha value is 0.734. The minimum atomic E-state index is 0. The van der Waals surface area contributed by atoms with Gasteiger partial charge in [0.15, 0.2) is 0 Å². The van der Waals surface area contributed by atoms with Gasteiger partial charge in [-0.2, -0.15) is 0 Å². The average molecular weight is 201 g/mol. The molecule has 2 unspecified atom stereocenters. The molecule has 0 amide bonds. The van der Waals surface area contributed by atoms with E-state index in [1.165, 1.54) is 0 Å². The minimum absolute atomic E-state index is 0. The maximum Gasteiger partial charge on any atom is 0.00185 e. The van der Waals surface area contributed by atoms with E-state index in [2.05, 4.69) is 12.2 Å². The van der Waals surface area contributed by atoms with E-state index in [1.807, 2.05) is 6.29 Å². The van der Waals surface area contributed by atoms with Gasteiger partial charge in [-0.15, -0.1) is 5.92 Å². The molecule has 2 atom stereocenters. The van der Waals surface area contributed by atoms with Gasteiger partial charge in [0.1, 0.15) is 0 Å². The van der Waals surface area contributed by atoms with Crippen molar-refractivity contribution in [2.24, 2.45) is 5.92 Å². The van der Waals surface area contributed by atoms with Gasteiger partial charge in [-0.1, -0.05) is 6.42 Å². The second kappa shape index (κ2) is 4.53. The van der Waals surface area contributed by atoms with Crippen LogP contribution in [0.1, 0.15) is 13.3 Å². The maximum atomic E-state index is 9.99. The number of hydrogen-bond acceptors (Lipinski definition) is 2. The fourth-order valence-electron chi connectivity index (χ4n) is 1.03. The van der Waals surface area contributed by atoms with Crippen LogP contribution < -0.4 is 5.32 Å². The molecule has 0 bridgehead atoms. The Morgan fingerprint density at radius 3 is 2.56 bits per heavy atom. The summed E-state index contributed by atoms with van der Waals surface area (Å²) in [5.74, 6) is 0.157. The molecule has 1 aliphatic heterocycles. The predicted octanol–water partition coefficient (Wildman–Crippen LogP) is 0.0916. The fraction of sp³-hybridized carbons (Fsp3) is 0.833. The standard InChI is InChI=1S/C6H10NO.Y/c1-5-2-6(4-8)3-7-5;/h5-7H,2-3H2,1H3;/q-1;. The van der Waals surface area contributed by atoms with Gasteiger partial charge in [-0.25, -0.2) is 0 Å². The molecule has 0 aromatic rings. The van der Waals surface area contributed by atoms with Crippen LogP contribution >= 0.6 is 0 Å². The average Bonchev–Trinajstić information content (AvgIpc) is 2.14. The number of rotatable bonds is 1. The summed E-state index contributed by atoms with van der Waals surface area (Å²) in [4.78, 5) is 9.99. The van der Waals surface area contributed by atoms with Crippen molar-refractivity contribution in [3.8, 4) is 0 Å². The van der Waals surface area contributed by atoms with Gasteiger partial charge in [0.25, 0.3) is 0 Å². The van der Waals surface area contributed by atoms with Crippen LogP contribution in [0, 0.1) is 5.92 Å². The van der Waals surface area contributed by atoms with E-state index in [0.29, 0.717) is 6.04 Å². The fourth-order valence-corrected chi connectivity index (χ4v) is 1.03. The molecule has 1 fully saturated rings. The summed E-state index contributed by atoms with van der Waals surface area (Å²) < 4.78 is 0. The first-order valence-electron chi connectivity index (χ1n) is 2.94. The zero-order valence-electron chi connectivity index (χ0n) is 5.55. The summed E-state index contributed by atoms with van der Waals surface area (Å²) in [6.07, 6.45) is 2.94. The summed E-state index contributed by atoms with van der Waals surface area (Å²) in [6.45, 7) is 2.90. The van der Waals surface area contributed by atoms with Crippen LogP contribution in [-0.4, -0.2) is 18.9 Å². The van der Waals surface area contributed by atoms with Crippen molar-refractivity contribution in [3.05, 3.63) is 0 Å². The first kappa shape index (κ1) is 9.73. The summed E-state index contributed by atoms with van der Waals surface area (Å²) in [7, 11) is 0. The molecule has 1 radical (unpaired) electrons. The molecule has 3 heteroatoms. The van der Waals surface area contributed by atoms with E-state index in [9.17, 15) is 4.79 Å². The van der Waals surface area contributed by atoms with E-state index < -0.39 is 0 Å². The van der Waals surface area contributed by atoms with Gasteiger partial charge in [-0.3, -0.25) is 6.29 Å². The molecule has 0 aromatic heterocycles. The Kier molecular flexibility index (Phi) is 4.90. The molecule has 1 aliphatic rings. The molecule has 1 rings (SSSR count). The monoisotopic (exact) mass is 201 g/mol. The Morgan fingerprint density at radius 2 is 2.33 bits per heavy atom. The van der Waals surface area contributed by atoms with Gasteiger partial charge in [0.05, 0.1) is 0 Å². The normalized spacial score (nSPS) is 33.4. The quantitative estimate of drug-likeness (QED) is 0.609. The van der Waals surface area contributed by atoms with E-state index >= 15 is 0 Å². The molecule has 0 aromatic carbocycles. The van der Waals surface area contributed by atoms with Crippen molar-refractivity contribution in [2.75, 3.05) is 6.54 Å². The molecule has 49 valence electrons. The smallest absolute Gasteiger partial charge is 0.00185 e.